The zero-order chi connectivity index (χ0) is 13.9. The summed E-state index contributed by atoms with van der Waals surface area (Å²) >= 11 is 1.75. The van der Waals surface area contributed by atoms with Crippen molar-refractivity contribution in [1.82, 2.24) is 4.90 Å². The second kappa shape index (κ2) is 5.77. The van der Waals surface area contributed by atoms with E-state index in [9.17, 15) is 4.79 Å². The summed E-state index contributed by atoms with van der Waals surface area (Å²) in [5, 5.41) is 2.09. The van der Waals surface area contributed by atoms with Crippen LogP contribution in [-0.4, -0.2) is 17.4 Å². The summed E-state index contributed by atoms with van der Waals surface area (Å²) in [6, 6.07) is 14.1. The molecule has 0 unspecified atom stereocenters. The lowest BCUT2D eigenvalue weighted by Gasteiger charge is -2.30. The normalized spacial score (nSPS) is 20.9. The van der Waals surface area contributed by atoms with E-state index < -0.39 is 0 Å². The molecule has 2 heterocycles. The van der Waals surface area contributed by atoms with Crippen molar-refractivity contribution in [2.45, 2.75) is 24.9 Å². The molecule has 0 bridgehead atoms. The fraction of sp³-hybridized carbons (Fsp3) is 0.312. The van der Waals surface area contributed by atoms with Gasteiger partial charge < -0.3 is 5.73 Å². The Morgan fingerprint density at radius 1 is 1.25 bits per heavy atom. The van der Waals surface area contributed by atoms with Crippen molar-refractivity contribution in [2.75, 3.05) is 6.54 Å². The minimum absolute atomic E-state index is 0.264. The molecule has 3 nitrogen and oxygen atoms in total. The number of likely N-dealkylation sites (tertiary alicyclic amines) is 1. The van der Waals surface area contributed by atoms with Crippen LogP contribution in [0.1, 0.15) is 35.4 Å². The highest BCUT2D eigenvalue weighted by molar-refractivity contribution is 7.10. The summed E-state index contributed by atoms with van der Waals surface area (Å²) in [5.41, 5.74) is 6.68. The first-order valence-corrected chi connectivity index (χ1v) is 7.79. The maximum absolute atomic E-state index is 12.0. The molecule has 1 aromatic carbocycles. The standard InChI is InChI=1S/C16H18N2OS/c17-16(19)15(12-6-2-1-3-7-12)18-10-4-8-13(18)14-9-5-11-20-14/h1-3,5-7,9,11,13,15H,4,8,10H2,(H2,17,19)/t13-,15+/m1/s1. The van der Waals surface area contributed by atoms with Crippen LogP contribution in [0.2, 0.25) is 0 Å². The number of primary amides is 1. The van der Waals surface area contributed by atoms with Gasteiger partial charge >= 0.3 is 0 Å². The van der Waals surface area contributed by atoms with Gasteiger partial charge in [0, 0.05) is 10.9 Å². The molecular weight excluding hydrogens is 268 g/mol. The van der Waals surface area contributed by atoms with E-state index >= 15 is 0 Å². The van der Waals surface area contributed by atoms with Crippen LogP contribution in [0.25, 0.3) is 0 Å². The van der Waals surface area contributed by atoms with Crippen LogP contribution in [0.15, 0.2) is 47.8 Å². The Bertz CT molecular complexity index is 567. The lowest BCUT2D eigenvalue weighted by Crippen LogP contribution is -2.37. The first-order chi connectivity index (χ1) is 9.77. The Hall–Kier alpha value is -1.65. The van der Waals surface area contributed by atoms with Gasteiger partial charge in [-0.15, -0.1) is 11.3 Å². The predicted octanol–water partition coefficient (Wildman–Crippen LogP) is 3.11. The summed E-state index contributed by atoms with van der Waals surface area (Å²) in [6.07, 6.45) is 2.20. The molecule has 1 aliphatic rings. The van der Waals surface area contributed by atoms with Gasteiger partial charge in [0.05, 0.1) is 0 Å². The van der Waals surface area contributed by atoms with Crippen LogP contribution in [-0.2, 0) is 4.79 Å². The second-order valence-electron chi connectivity index (χ2n) is 5.13. The number of benzene rings is 1. The Morgan fingerprint density at radius 2 is 2.05 bits per heavy atom. The first kappa shape index (κ1) is 13.3. The fourth-order valence-corrected chi connectivity index (χ4v) is 3.92. The van der Waals surface area contributed by atoms with Gasteiger partial charge in [0.25, 0.3) is 0 Å². The molecule has 2 N–H and O–H groups in total. The average Bonchev–Trinajstić information content (AvgIpc) is 3.09. The van der Waals surface area contributed by atoms with Gasteiger partial charge in [-0.25, -0.2) is 0 Å². The van der Waals surface area contributed by atoms with Crippen molar-refractivity contribution in [3.05, 3.63) is 58.3 Å². The minimum atomic E-state index is -0.328. The number of amides is 1. The quantitative estimate of drug-likeness (QED) is 0.938. The van der Waals surface area contributed by atoms with Crippen molar-refractivity contribution in [2.24, 2.45) is 5.73 Å². The first-order valence-electron chi connectivity index (χ1n) is 6.91. The van der Waals surface area contributed by atoms with Gasteiger partial charge in [-0.3, -0.25) is 9.69 Å². The van der Waals surface area contributed by atoms with Crippen LogP contribution < -0.4 is 5.73 Å². The molecule has 0 radical (unpaired) electrons. The number of hydrogen-bond acceptors (Lipinski definition) is 3. The van der Waals surface area contributed by atoms with Crippen molar-refractivity contribution >= 4 is 17.2 Å². The predicted molar refractivity (Wildman–Crippen MR) is 81.4 cm³/mol. The van der Waals surface area contributed by atoms with E-state index in [2.05, 4.69) is 22.4 Å². The van der Waals surface area contributed by atoms with Gasteiger partial charge in [0.1, 0.15) is 6.04 Å². The molecule has 0 saturated carbocycles. The Balaban J connectivity index is 1.93. The molecule has 0 aliphatic carbocycles. The summed E-state index contributed by atoms with van der Waals surface area (Å²) in [6.45, 7) is 0.922. The summed E-state index contributed by atoms with van der Waals surface area (Å²) < 4.78 is 0. The lowest BCUT2D eigenvalue weighted by molar-refractivity contribution is -0.123. The zero-order valence-electron chi connectivity index (χ0n) is 11.2. The van der Waals surface area contributed by atoms with Crippen molar-refractivity contribution < 1.29 is 4.79 Å². The van der Waals surface area contributed by atoms with Gasteiger partial charge in [-0.05, 0) is 36.4 Å². The van der Waals surface area contributed by atoms with Crippen LogP contribution >= 0.6 is 11.3 Å². The number of nitrogens with two attached hydrogens (primary N) is 1. The van der Waals surface area contributed by atoms with E-state index in [1.807, 2.05) is 30.3 Å². The Morgan fingerprint density at radius 3 is 2.70 bits per heavy atom. The molecule has 20 heavy (non-hydrogen) atoms. The maximum atomic E-state index is 12.0. The van der Waals surface area contributed by atoms with Crippen molar-refractivity contribution in [1.29, 1.82) is 0 Å². The largest absolute Gasteiger partial charge is 0.368 e. The summed E-state index contributed by atoms with van der Waals surface area (Å²) in [4.78, 5) is 15.6. The van der Waals surface area contributed by atoms with Crippen LogP contribution in [0, 0.1) is 0 Å². The molecule has 0 spiro atoms. The van der Waals surface area contributed by atoms with Gasteiger partial charge in [0.2, 0.25) is 5.91 Å². The topological polar surface area (TPSA) is 46.3 Å². The molecule has 1 saturated heterocycles. The summed E-state index contributed by atoms with van der Waals surface area (Å²) in [5.74, 6) is -0.264. The van der Waals surface area contributed by atoms with E-state index in [1.54, 1.807) is 11.3 Å². The monoisotopic (exact) mass is 286 g/mol. The average molecular weight is 286 g/mol. The number of carbonyl (C=O) groups excluding carboxylic acids is 1. The van der Waals surface area contributed by atoms with E-state index in [0.29, 0.717) is 6.04 Å². The number of nitrogens with zero attached hydrogens (tertiary/aromatic N) is 1. The molecule has 1 amide bonds. The molecule has 1 aromatic heterocycles. The van der Waals surface area contributed by atoms with Crippen LogP contribution in [0.4, 0.5) is 0 Å². The van der Waals surface area contributed by atoms with E-state index in [1.165, 1.54) is 4.88 Å². The highest BCUT2D eigenvalue weighted by atomic mass is 32.1. The molecule has 2 aromatic rings. The highest BCUT2D eigenvalue weighted by Gasteiger charge is 2.35. The molecule has 104 valence electrons. The van der Waals surface area contributed by atoms with Crippen LogP contribution in [0.5, 0.6) is 0 Å². The van der Waals surface area contributed by atoms with Gasteiger partial charge in [-0.2, -0.15) is 0 Å². The molecule has 4 heteroatoms. The third-order valence-corrected chi connectivity index (χ3v) is 4.86. The van der Waals surface area contributed by atoms with E-state index in [-0.39, 0.29) is 11.9 Å². The summed E-state index contributed by atoms with van der Waals surface area (Å²) in [7, 11) is 0. The second-order valence-corrected chi connectivity index (χ2v) is 6.11. The van der Waals surface area contributed by atoms with Gasteiger partial charge in [0.15, 0.2) is 0 Å². The van der Waals surface area contributed by atoms with Crippen molar-refractivity contribution in [3.63, 3.8) is 0 Å². The number of rotatable bonds is 4. The highest BCUT2D eigenvalue weighted by Crippen LogP contribution is 2.40. The SMILES string of the molecule is NC(=O)[C@H](c1ccccc1)N1CCC[C@@H]1c1cccs1. The lowest BCUT2D eigenvalue weighted by atomic mass is 10.0. The number of hydrogen-bond donors (Lipinski definition) is 1. The van der Waals surface area contributed by atoms with Crippen LogP contribution in [0.3, 0.4) is 0 Å². The maximum Gasteiger partial charge on any atom is 0.239 e. The number of thiophene rings is 1. The van der Waals surface area contributed by atoms with Crippen molar-refractivity contribution in [3.8, 4) is 0 Å². The van der Waals surface area contributed by atoms with E-state index in [0.717, 1.165) is 24.9 Å². The van der Waals surface area contributed by atoms with E-state index in [4.69, 9.17) is 5.73 Å². The molecular formula is C16H18N2OS. The van der Waals surface area contributed by atoms with Gasteiger partial charge in [-0.1, -0.05) is 36.4 Å². The third-order valence-electron chi connectivity index (χ3n) is 3.88. The molecule has 1 fully saturated rings. The minimum Gasteiger partial charge on any atom is -0.368 e. The Kier molecular flexibility index (Phi) is 3.85. The zero-order valence-corrected chi connectivity index (χ0v) is 12.1. The molecule has 2 atom stereocenters. The number of carbonyl (C=O) groups is 1. The third kappa shape index (κ3) is 2.49. The molecule has 3 rings (SSSR count). The Labute approximate surface area is 123 Å². The molecule has 1 aliphatic heterocycles. The fourth-order valence-electron chi connectivity index (χ4n) is 3.04. The smallest absolute Gasteiger partial charge is 0.239 e.